The number of carbonyl (C=O) groups is 1. The van der Waals surface area contributed by atoms with Gasteiger partial charge in [0.2, 0.25) is 5.88 Å². The van der Waals surface area contributed by atoms with Crippen molar-refractivity contribution in [3.8, 4) is 5.88 Å². The second-order valence-electron chi connectivity index (χ2n) is 8.30. The lowest BCUT2D eigenvalue weighted by Crippen LogP contribution is -2.41. The van der Waals surface area contributed by atoms with Crippen molar-refractivity contribution in [2.24, 2.45) is 0 Å². The third-order valence-electron chi connectivity index (χ3n) is 4.30. The highest BCUT2D eigenvalue weighted by atomic mass is 16.7. The van der Waals surface area contributed by atoms with Crippen molar-refractivity contribution in [3.63, 3.8) is 0 Å². The van der Waals surface area contributed by atoms with Crippen molar-refractivity contribution >= 4 is 18.7 Å². The quantitative estimate of drug-likeness (QED) is 0.638. The molecule has 1 aromatic heterocycles. The van der Waals surface area contributed by atoms with E-state index >= 15 is 0 Å². The van der Waals surface area contributed by atoms with Gasteiger partial charge in [0.25, 0.3) is 0 Å². The van der Waals surface area contributed by atoms with Crippen LogP contribution in [0.25, 0.3) is 0 Å². The van der Waals surface area contributed by atoms with E-state index in [1.54, 1.807) is 12.3 Å². The molecule has 0 aromatic carbocycles. The maximum absolute atomic E-state index is 11.5. The molecule has 0 radical (unpaired) electrons. The van der Waals surface area contributed by atoms with Crippen LogP contribution in [0.4, 0.5) is 4.79 Å². The predicted octanol–water partition coefficient (Wildman–Crippen LogP) is 2.28. The van der Waals surface area contributed by atoms with Crippen molar-refractivity contribution in [1.82, 2.24) is 10.3 Å². The summed E-state index contributed by atoms with van der Waals surface area (Å²) in [6.07, 6.45) is 1.21. The van der Waals surface area contributed by atoms with Gasteiger partial charge < -0.3 is 24.1 Å². The third kappa shape index (κ3) is 5.35. The molecule has 1 aliphatic heterocycles. The second-order valence-corrected chi connectivity index (χ2v) is 8.30. The van der Waals surface area contributed by atoms with Crippen LogP contribution < -0.4 is 15.5 Å². The molecule has 7 nitrogen and oxygen atoms in total. The van der Waals surface area contributed by atoms with E-state index in [0.717, 1.165) is 5.46 Å². The SMILES string of the molecule is CC(C)(C)OC(=O)NCCOc1ccc(B2OC(C)(C)C(C)(C)O2)cn1. The molecule has 26 heavy (non-hydrogen) atoms. The van der Waals surface area contributed by atoms with Crippen molar-refractivity contribution in [1.29, 1.82) is 0 Å². The van der Waals surface area contributed by atoms with E-state index in [1.165, 1.54) is 0 Å². The van der Waals surface area contributed by atoms with E-state index in [4.69, 9.17) is 18.8 Å². The maximum Gasteiger partial charge on any atom is 0.496 e. The van der Waals surface area contributed by atoms with Gasteiger partial charge in [0.1, 0.15) is 12.2 Å². The van der Waals surface area contributed by atoms with Crippen molar-refractivity contribution < 1.29 is 23.6 Å². The highest BCUT2D eigenvalue weighted by Crippen LogP contribution is 2.36. The Morgan fingerprint density at radius 1 is 1.19 bits per heavy atom. The Hall–Kier alpha value is -1.80. The summed E-state index contributed by atoms with van der Waals surface area (Å²) in [6.45, 7) is 14.1. The molecule has 1 N–H and O–H groups in total. The first-order valence-corrected chi connectivity index (χ1v) is 8.81. The number of ether oxygens (including phenoxy) is 2. The third-order valence-corrected chi connectivity index (χ3v) is 4.30. The first kappa shape index (κ1) is 20.5. The van der Waals surface area contributed by atoms with Gasteiger partial charge in [-0.25, -0.2) is 9.78 Å². The van der Waals surface area contributed by atoms with Gasteiger partial charge in [0, 0.05) is 11.7 Å². The fourth-order valence-corrected chi connectivity index (χ4v) is 2.22. The second kappa shape index (κ2) is 7.44. The Morgan fingerprint density at radius 2 is 1.81 bits per heavy atom. The fraction of sp³-hybridized carbons (Fsp3) is 0.667. The van der Waals surface area contributed by atoms with Crippen LogP contribution in [0.3, 0.4) is 0 Å². The number of aromatic nitrogens is 1. The molecule has 8 heteroatoms. The number of hydrogen-bond donors (Lipinski definition) is 1. The average molecular weight is 364 g/mol. The molecule has 0 unspecified atom stereocenters. The summed E-state index contributed by atoms with van der Waals surface area (Å²) in [5.41, 5.74) is -0.459. The Bertz CT molecular complexity index is 609. The van der Waals surface area contributed by atoms with Crippen molar-refractivity contribution in [2.45, 2.75) is 65.3 Å². The minimum Gasteiger partial charge on any atom is -0.476 e. The van der Waals surface area contributed by atoms with Gasteiger partial charge in [-0.3, -0.25) is 0 Å². The molecule has 1 fully saturated rings. The first-order valence-electron chi connectivity index (χ1n) is 8.81. The number of hydrogen-bond acceptors (Lipinski definition) is 6. The molecule has 1 amide bonds. The molecule has 0 spiro atoms. The van der Waals surface area contributed by atoms with Gasteiger partial charge in [0.15, 0.2) is 0 Å². The molecule has 0 saturated carbocycles. The van der Waals surface area contributed by atoms with Crippen LogP contribution in [-0.4, -0.2) is 48.2 Å². The van der Waals surface area contributed by atoms with E-state index < -0.39 is 18.8 Å². The normalized spacial score (nSPS) is 18.5. The van der Waals surface area contributed by atoms with Crippen LogP contribution in [0, 0.1) is 0 Å². The summed E-state index contributed by atoms with van der Waals surface area (Å²) >= 11 is 0. The summed E-state index contributed by atoms with van der Waals surface area (Å²) in [5, 5.41) is 2.63. The topological polar surface area (TPSA) is 78.9 Å². The van der Waals surface area contributed by atoms with Gasteiger partial charge in [-0.15, -0.1) is 0 Å². The van der Waals surface area contributed by atoms with Gasteiger partial charge in [0.05, 0.1) is 17.7 Å². The van der Waals surface area contributed by atoms with E-state index in [2.05, 4.69) is 10.3 Å². The van der Waals surface area contributed by atoms with Crippen LogP contribution >= 0.6 is 0 Å². The molecule has 1 saturated heterocycles. The van der Waals surface area contributed by atoms with Crippen LogP contribution in [0.2, 0.25) is 0 Å². The highest BCUT2D eigenvalue weighted by molar-refractivity contribution is 6.62. The number of rotatable bonds is 5. The number of pyridine rings is 1. The largest absolute Gasteiger partial charge is 0.496 e. The Balaban J connectivity index is 1.79. The monoisotopic (exact) mass is 364 g/mol. The summed E-state index contributed by atoms with van der Waals surface area (Å²) in [4.78, 5) is 15.8. The summed E-state index contributed by atoms with van der Waals surface area (Å²) in [6, 6.07) is 3.62. The van der Waals surface area contributed by atoms with E-state index in [-0.39, 0.29) is 11.2 Å². The summed E-state index contributed by atoms with van der Waals surface area (Å²) < 4.78 is 22.7. The molecule has 0 aliphatic carbocycles. The zero-order valence-electron chi connectivity index (χ0n) is 16.7. The minimum absolute atomic E-state index is 0.294. The van der Waals surface area contributed by atoms with Gasteiger partial charge in [-0.2, -0.15) is 0 Å². The molecule has 1 aliphatic rings. The number of nitrogens with one attached hydrogen (secondary N) is 1. The standard InChI is InChI=1S/C18H29BN2O5/c1-16(2,3)24-15(22)20-10-11-23-14-9-8-13(12-21-14)19-25-17(4,5)18(6,7)26-19/h8-9,12H,10-11H2,1-7H3,(H,20,22). The van der Waals surface area contributed by atoms with E-state index in [9.17, 15) is 4.79 Å². The Labute approximate surface area is 155 Å². The fourth-order valence-electron chi connectivity index (χ4n) is 2.22. The van der Waals surface area contributed by atoms with E-state index in [0.29, 0.717) is 19.0 Å². The molecule has 144 valence electrons. The highest BCUT2D eigenvalue weighted by Gasteiger charge is 2.51. The smallest absolute Gasteiger partial charge is 0.476 e. The lowest BCUT2D eigenvalue weighted by atomic mass is 9.80. The number of amides is 1. The number of alkyl carbamates (subject to hydrolysis) is 1. The van der Waals surface area contributed by atoms with Crippen LogP contribution in [-0.2, 0) is 14.0 Å². The van der Waals surface area contributed by atoms with Crippen LogP contribution in [0.5, 0.6) is 5.88 Å². The van der Waals surface area contributed by atoms with E-state index in [1.807, 2.05) is 54.5 Å². The zero-order chi connectivity index (χ0) is 19.6. The van der Waals surface area contributed by atoms with Gasteiger partial charge in [-0.1, -0.05) is 6.07 Å². The zero-order valence-corrected chi connectivity index (χ0v) is 16.7. The van der Waals surface area contributed by atoms with Crippen molar-refractivity contribution in [2.75, 3.05) is 13.2 Å². The lowest BCUT2D eigenvalue weighted by Gasteiger charge is -2.32. The Kier molecular flexibility index (Phi) is 5.87. The number of carbonyl (C=O) groups excluding carboxylic acids is 1. The lowest BCUT2D eigenvalue weighted by molar-refractivity contribution is 0.00578. The molecule has 2 heterocycles. The van der Waals surface area contributed by atoms with Crippen LogP contribution in [0.15, 0.2) is 18.3 Å². The van der Waals surface area contributed by atoms with Crippen LogP contribution in [0.1, 0.15) is 48.5 Å². The molecule has 0 atom stereocenters. The summed E-state index contributed by atoms with van der Waals surface area (Å²) in [7, 11) is -0.449. The van der Waals surface area contributed by atoms with Gasteiger partial charge >= 0.3 is 13.2 Å². The van der Waals surface area contributed by atoms with Crippen molar-refractivity contribution in [3.05, 3.63) is 18.3 Å². The minimum atomic E-state index is -0.518. The maximum atomic E-state index is 11.5. The predicted molar refractivity (Wildman–Crippen MR) is 99.7 cm³/mol. The Morgan fingerprint density at radius 3 is 2.31 bits per heavy atom. The molecular formula is C18H29BN2O5. The van der Waals surface area contributed by atoms with Gasteiger partial charge in [-0.05, 0) is 54.5 Å². The molecular weight excluding hydrogens is 335 g/mol. The molecule has 0 bridgehead atoms. The molecule has 1 aromatic rings. The number of nitrogens with zero attached hydrogens (tertiary/aromatic N) is 1. The first-order chi connectivity index (χ1) is 11.9. The summed E-state index contributed by atoms with van der Waals surface area (Å²) in [5.74, 6) is 0.469. The molecule has 2 rings (SSSR count). The average Bonchev–Trinajstić information content (AvgIpc) is 2.71.